The van der Waals surface area contributed by atoms with Gasteiger partial charge in [-0.2, -0.15) is 0 Å². The highest BCUT2D eigenvalue weighted by molar-refractivity contribution is 4.70. The van der Waals surface area contributed by atoms with Gasteiger partial charge in [-0.25, -0.2) is 0 Å². The van der Waals surface area contributed by atoms with E-state index >= 15 is 0 Å². The van der Waals surface area contributed by atoms with Crippen molar-refractivity contribution < 1.29 is 0 Å². The zero-order valence-electron chi connectivity index (χ0n) is 13.9. The summed E-state index contributed by atoms with van der Waals surface area (Å²) < 4.78 is 0. The maximum absolute atomic E-state index is 2.40. The van der Waals surface area contributed by atoms with Gasteiger partial charge in [0, 0.05) is 0 Å². The van der Waals surface area contributed by atoms with Crippen LogP contribution in [0, 0.1) is 11.3 Å². The van der Waals surface area contributed by atoms with E-state index in [-0.39, 0.29) is 0 Å². The summed E-state index contributed by atoms with van der Waals surface area (Å²) >= 11 is 0. The smallest absolute Gasteiger partial charge is 0.0380 e. The second kappa shape index (κ2) is 10.9. The topological polar surface area (TPSA) is 0 Å². The predicted molar refractivity (Wildman–Crippen MR) is 85.1 cm³/mol. The Hall–Kier alpha value is 0. The Balaban J connectivity index is 3.85. The zero-order valence-corrected chi connectivity index (χ0v) is 13.9. The molecule has 0 amide bonds. The van der Waals surface area contributed by atoms with E-state index in [1.54, 1.807) is 0 Å². The molecule has 0 aliphatic heterocycles. The molecule has 0 aromatic heterocycles. The summed E-state index contributed by atoms with van der Waals surface area (Å²) in [7, 11) is 0. The van der Waals surface area contributed by atoms with Gasteiger partial charge < -0.3 is 0 Å². The van der Waals surface area contributed by atoms with E-state index in [0.29, 0.717) is 5.41 Å². The molecule has 0 aromatic carbocycles. The van der Waals surface area contributed by atoms with Crippen molar-refractivity contribution in [1.29, 1.82) is 0 Å². The molecule has 0 saturated heterocycles. The lowest BCUT2D eigenvalue weighted by Crippen LogP contribution is -2.13. The molecule has 18 heavy (non-hydrogen) atoms. The van der Waals surface area contributed by atoms with Crippen LogP contribution in [0.3, 0.4) is 0 Å². The number of rotatable bonds is 11. The molecule has 0 bridgehead atoms. The molecule has 0 saturated carbocycles. The van der Waals surface area contributed by atoms with E-state index in [1.807, 2.05) is 0 Å². The molecule has 0 heteroatoms. The van der Waals surface area contributed by atoms with Crippen molar-refractivity contribution >= 4 is 0 Å². The average Bonchev–Trinajstić information content (AvgIpc) is 2.28. The van der Waals surface area contributed by atoms with Gasteiger partial charge in [0.25, 0.3) is 0 Å². The quantitative estimate of drug-likeness (QED) is 0.349. The van der Waals surface area contributed by atoms with Gasteiger partial charge in [-0.3, -0.25) is 0 Å². The molecule has 0 radical (unpaired) electrons. The summed E-state index contributed by atoms with van der Waals surface area (Å²) in [6.45, 7) is 11.8. The first-order chi connectivity index (χ1) is 8.49. The molecule has 0 spiro atoms. The minimum absolute atomic E-state index is 0.514. The van der Waals surface area contributed by atoms with Crippen LogP contribution in [0.2, 0.25) is 0 Å². The van der Waals surface area contributed by atoms with E-state index in [2.05, 4.69) is 34.6 Å². The van der Waals surface area contributed by atoms with E-state index in [9.17, 15) is 0 Å². The van der Waals surface area contributed by atoms with Crippen LogP contribution in [0.5, 0.6) is 0 Å². The Bertz CT molecular complexity index is 151. The van der Waals surface area contributed by atoms with Crippen molar-refractivity contribution in [3.05, 3.63) is 0 Å². The molecule has 0 nitrogen and oxygen atoms in total. The minimum Gasteiger partial charge on any atom is -0.0654 e. The first kappa shape index (κ1) is 18.0. The molecular weight excluding hydrogens is 216 g/mol. The molecule has 0 fully saturated rings. The highest BCUT2D eigenvalue weighted by Gasteiger charge is 2.18. The summed E-state index contributed by atoms with van der Waals surface area (Å²) in [4.78, 5) is 0. The van der Waals surface area contributed by atoms with Gasteiger partial charge in [0.05, 0.1) is 0 Å². The van der Waals surface area contributed by atoms with Crippen LogP contribution < -0.4 is 0 Å². The van der Waals surface area contributed by atoms with E-state index in [1.165, 1.54) is 70.6 Å². The molecule has 0 aliphatic carbocycles. The van der Waals surface area contributed by atoms with Gasteiger partial charge >= 0.3 is 0 Å². The summed E-state index contributed by atoms with van der Waals surface area (Å²) in [5.41, 5.74) is 0.514. The summed E-state index contributed by atoms with van der Waals surface area (Å²) in [6, 6.07) is 0. The molecule has 0 aliphatic rings. The van der Waals surface area contributed by atoms with Crippen LogP contribution in [-0.4, -0.2) is 0 Å². The molecule has 110 valence electrons. The van der Waals surface area contributed by atoms with Gasteiger partial charge in [-0.05, 0) is 17.8 Å². The third kappa shape index (κ3) is 12.5. The Kier molecular flexibility index (Phi) is 10.9. The average molecular weight is 255 g/mol. The van der Waals surface area contributed by atoms with Crippen molar-refractivity contribution in [3.63, 3.8) is 0 Å². The van der Waals surface area contributed by atoms with Crippen molar-refractivity contribution in [2.24, 2.45) is 11.3 Å². The molecule has 0 atom stereocenters. The Morgan fingerprint density at radius 3 is 1.44 bits per heavy atom. The van der Waals surface area contributed by atoms with Crippen LogP contribution in [0.4, 0.5) is 0 Å². The fourth-order valence-corrected chi connectivity index (χ4v) is 2.93. The lowest BCUT2D eigenvalue weighted by Gasteiger charge is -2.26. The highest BCUT2D eigenvalue weighted by atomic mass is 14.2. The lowest BCUT2D eigenvalue weighted by molar-refractivity contribution is 0.260. The standard InChI is InChI=1S/C18H38/c1-6-8-10-12-14-17(16-18(3,4)5)15-13-11-9-7-2/h17H,6-16H2,1-5H3. The van der Waals surface area contributed by atoms with Crippen LogP contribution >= 0.6 is 0 Å². The number of hydrogen-bond donors (Lipinski definition) is 0. The van der Waals surface area contributed by atoms with Crippen molar-refractivity contribution in [2.75, 3.05) is 0 Å². The first-order valence-electron chi connectivity index (χ1n) is 8.49. The fourth-order valence-electron chi connectivity index (χ4n) is 2.93. The van der Waals surface area contributed by atoms with E-state index in [4.69, 9.17) is 0 Å². The van der Waals surface area contributed by atoms with Gasteiger partial charge in [-0.15, -0.1) is 0 Å². The molecule has 0 N–H and O–H groups in total. The predicted octanol–water partition coefficient (Wildman–Crippen LogP) is 6.98. The van der Waals surface area contributed by atoms with Gasteiger partial charge in [-0.1, -0.05) is 98.8 Å². The largest absolute Gasteiger partial charge is 0.0654 e. The molecule has 0 heterocycles. The maximum atomic E-state index is 2.40. The Morgan fingerprint density at radius 2 is 1.11 bits per heavy atom. The monoisotopic (exact) mass is 254 g/mol. The van der Waals surface area contributed by atoms with Crippen molar-refractivity contribution in [1.82, 2.24) is 0 Å². The second-order valence-electron chi connectivity index (χ2n) is 7.33. The van der Waals surface area contributed by atoms with Gasteiger partial charge in [0.2, 0.25) is 0 Å². The van der Waals surface area contributed by atoms with Crippen LogP contribution in [0.1, 0.15) is 105 Å². The third-order valence-corrected chi connectivity index (χ3v) is 3.83. The third-order valence-electron chi connectivity index (χ3n) is 3.83. The van der Waals surface area contributed by atoms with Crippen molar-refractivity contribution in [3.8, 4) is 0 Å². The number of unbranched alkanes of at least 4 members (excludes halogenated alkanes) is 6. The zero-order chi connectivity index (χ0) is 13.9. The molecule has 0 aromatic rings. The lowest BCUT2D eigenvalue weighted by atomic mass is 9.80. The maximum Gasteiger partial charge on any atom is -0.0380 e. The van der Waals surface area contributed by atoms with E-state index < -0.39 is 0 Å². The minimum atomic E-state index is 0.514. The first-order valence-corrected chi connectivity index (χ1v) is 8.49. The molecule has 0 rings (SSSR count). The molecular formula is C18H38. The number of hydrogen-bond acceptors (Lipinski definition) is 0. The molecule has 0 unspecified atom stereocenters. The van der Waals surface area contributed by atoms with Crippen LogP contribution in [0.25, 0.3) is 0 Å². The van der Waals surface area contributed by atoms with Crippen molar-refractivity contribution in [2.45, 2.75) is 105 Å². The fraction of sp³-hybridized carbons (Fsp3) is 1.00. The summed E-state index contributed by atoms with van der Waals surface area (Å²) in [5, 5.41) is 0. The Morgan fingerprint density at radius 1 is 0.667 bits per heavy atom. The second-order valence-corrected chi connectivity index (χ2v) is 7.33. The highest BCUT2D eigenvalue weighted by Crippen LogP contribution is 2.31. The normalized spacial score (nSPS) is 12.3. The SMILES string of the molecule is CCCCCCC(CCCCCC)CC(C)(C)C. The van der Waals surface area contributed by atoms with Crippen LogP contribution in [-0.2, 0) is 0 Å². The summed E-state index contributed by atoms with van der Waals surface area (Å²) in [5.74, 6) is 0.985. The van der Waals surface area contributed by atoms with Crippen LogP contribution in [0.15, 0.2) is 0 Å². The van der Waals surface area contributed by atoms with E-state index in [0.717, 1.165) is 5.92 Å². The van der Waals surface area contributed by atoms with Gasteiger partial charge in [0.1, 0.15) is 0 Å². The summed E-state index contributed by atoms with van der Waals surface area (Å²) in [6.07, 6.45) is 15.8. The Labute approximate surface area is 117 Å². The van der Waals surface area contributed by atoms with Gasteiger partial charge in [0.15, 0.2) is 0 Å².